The van der Waals surface area contributed by atoms with E-state index in [1.807, 2.05) is 6.92 Å². The number of fused-ring (bicyclic) bond motifs is 5. The van der Waals surface area contributed by atoms with Crippen molar-refractivity contribution in [3.8, 4) is 0 Å². The van der Waals surface area contributed by atoms with Crippen LogP contribution in [-0.4, -0.2) is 52.6 Å². The molecule has 0 radical (unpaired) electrons. The zero-order chi connectivity index (χ0) is 26.7. The van der Waals surface area contributed by atoms with Gasteiger partial charge in [0, 0.05) is 35.5 Å². The van der Waals surface area contributed by atoms with Gasteiger partial charge in [-0.25, -0.2) is 4.39 Å². The first-order valence-corrected chi connectivity index (χ1v) is 13.0. The predicted octanol–water partition coefficient (Wildman–Crippen LogP) is 3.82. The Morgan fingerprint density at radius 1 is 1.14 bits per heavy atom. The molecule has 4 rings (SSSR count). The maximum Gasteiger partial charge on any atom is 0.306 e. The molecular formula is C28H37FO7. The highest BCUT2D eigenvalue weighted by molar-refractivity contribution is 6.01. The highest BCUT2D eigenvalue weighted by atomic mass is 19.1. The fraction of sp³-hybridized carbons (Fsp3) is 0.714. The van der Waals surface area contributed by atoms with E-state index in [4.69, 9.17) is 9.47 Å². The number of hydrogen-bond donors (Lipinski definition) is 1. The second kappa shape index (κ2) is 8.89. The van der Waals surface area contributed by atoms with Crippen LogP contribution in [0.3, 0.4) is 0 Å². The standard InChI is InChI=1S/C28H37FO7/c1-6-23(33)35-15-22(32)28(36-24(34)7-2)16(3)12-20-19-9-8-17-13-18(30)10-11-25(17,4)27(19,29)21(31)14-26(20,28)5/h10-11,13,16,19-21,31H,6-9,12,14-15H2,1-5H3/t16-,19+,20+,21-,25-,26-,27+,28-/m0/s1. The van der Waals surface area contributed by atoms with E-state index in [9.17, 15) is 24.3 Å². The van der Waals surface area contributed by atoms with Crippen LogP contribution in [0.15, 0.2) is 23.8 Å². The molecule has 0 aliphatic heterocycles. The maximum atomic E-state index is 17.4. The molecule has 0 heterocycles. The van der Waals surface area contributed by atoms with Crippen LogP contribution < -0.4 is 0 Å². The van der Waals surface area contributed by atoms with E-state index in [1.165, 1.54) is 12.2 Å². The van der Waals surface area contributed by atoms with E-state index < -0.39 is 64.4 Å². The van der Waals surface area contributed by atoms with Gasteiger partial charge in [0.05, 0.1) is 6.10 Å². The highest BCUT2D eigenvalue weighted by Crippen LogP contribution is 2.71. The maximum absolute atomic E-state index is 17.4. The first-order chi connectivity index (χ1) is 16.8. The fourth-order valence-corrected chi connectivity index (χ4v) is 8.01. The van der Waals surface area contributed by atoms with Crippen molar-refractivity contribution in [1.29, 1.82) is 0 Å². The Morgan fingerprint density at radius 3 is 2.44 bits per heavy atom. The third-order valence-corrected chi connectivity index (χ3v) is 9.81. The van der Waals surface area contributed by atoms with Gasteiger partial charge in [0.2, 0.25) is 5.78 Å². The largest absolute Gasteiger partial charge is 0.457 e. The molecule has 8 heteroatoms. The molecule has 1 N–H and O–H groups in total. The van der Waals surface area contributed by atoms with Gasteiger partial charge in [-0.3, -0.25) is 19.2 Å². The SMILES string of the molecule is CCC(=O)OCC(=O)[C@@]1(OC(=O)CC)[C@@H](C)C[C@@H]2[C@H]3CCC4=CC(=O)C=C[C@]4(C)[C@]3(F)[C@@H](O)C[C@@]21C. The summed E-state index contributed by atoms with van der Waals surface area (Å²) in [6.07, 6.45) is 4.32. The van der Waals surface area contributed by atoms with Crippen LogP contribution in [0.2, 0.25) is 0 Å². The van der Waals surface area contributed by atoms with Gasteiger partial charge in [-0.1, -0.05) is 39.3 Å². The summed E-state index contributed by atoms with van der Waals surface area (Å²) in [5, 5.41) is 11.5. The molecule has 8 atom stereocenters. The molecule has 0 aromatic rings. The van der Waals surface area contributed by atoms with Gasteiger partial charge in [-0.05, 0) is 50.7 Å². The molecule has 4 aliphatic carbocycles. The average Bonchev–Trinajstić information content (AvgIpc) is 3.05. The Morgan fingerprint density at radius 2 is 1.81 bits per heavy atom. The lowest BCUT2D eigenvalue weighted by Gasteiger charge is -2.62. The van der Waals surface area contributed by atoms with Crippen molar-refractivity contribution in [2.24, 2.45) is 28.6 Å². The number of Topliss-reactive ketones (excluding diaryl/α,β-unsaturated/α-hetero) is 1. The molecule has 0 aromatic carbocycles. The molecule has 3 fully saturated rings. The lowest BCUT2D eigenvalue weighted by molar-refractivity contribution is -0.228. The molecule has 0 aromatic heterocycles. The third-order valence-electron chi connectivity index (χ3n) is 9.81. The van der Waals surface area contributed by atoms with Gasteiger partial charge < -0.3 is 14.6 Å². The highest BCUT2D eigenvalue weighted by Gasteiger charge is 2.77. The van der Waals surface area contributed by atoms with E-state index in [1.54, 1.807) is 33.8 Å². The number of rotatable bonds is 6. The van der Waals surface area contributed by atoms with Gasteiger partial charge in [0.1, 0.15) is 0 Å². The number of carbonyl (C=O) groups excluding carboxylic acids is 4. The molecule has 3 saturated carbocycles. The van der Waals surface area contributed by atoms with E-state index in [0.717, 1.165) is 0 Å². The number of hydrogen-bond acceptors (Lipinski definition) is 7. The molecular weight excluding hydrogens is 467 g/mol. The van der Waals surface area contributed by atoms with Crippen molar-refractivity contribution >= 4 is 23.5 Å². The Hall–Kier alpha value is -2.35. The number of halogens is 1. The van der Waals surface area contributed by atoms with Crippen LogP contribution in [0.1, 0.15) is 73.1 Å². The van der Waals surface area contributed by atoms with Crippen LogP contribution >= 0.6 is 0 Å². The summed E-state index contributed by atoms with van der Waals surface area (Å²) < 4.78 is 28.5. The Bertz CT molecular complexity index is 1050. The third kappa shape index (κ3) is 3.39. The molecule has 0 unspecified atom stereocenters. The quantitative estimate of drug-likeness (QED) is 0.548. The van der Waals surface area contributed by atoms with E-state index >= 15 is 4.39 Å². The minimum Gasteiger partial charge on any atom is -0.457 e. The molecule has 0 spiro atoms. The minimum absolute atomic E-state index is 0.0430. The zero-order valence-corrected chi connectivity index (χ0v) is 21.8. The van der Waals surface area contributed by atoms with Crippen molar-refractivity contribution in [2.75, 3.05) is 6.61 Å². The lowest BCUT2D eigenvalue weighted by atomic mass is 9.44. The summed E-state index contributed by atoms with van der Waals surface area (Å²) >= 11 is 0. The summed E-state index contributed by atoms with van der Waals surface area (Å²) in [7, 11) is 0. The molecule has 7 nitrogen and oxygen atoms in total. The number of ether oxygens (including phenoxy) is 2. The molecule has 198 valence electrons. The first kappa shape index (κ1) is 26.7. The Balaban J connectivity index is 1.80. The van der Waals surface area contributed by atoms with E-state index in [2.05, 4.69) is 0 Å². The van der Waals surface area contributed by atoms with Crippen LogP contribution in [0.4, 0.5) is 4.39 Å². The number of carbonyl (C=O) groups is 4. The number of esters is 2. The van der Waals surface area contributed by atoms with Crippen molar-refractivity contribution in [3.05, 3.63) is 23.8 Å². The molecule has 0 saturated heterocycles. The number of aliphatic hydroxyl groups is 1. The minimum atomic E-state index is -2.05. The molecule has 0 bridgehead atoms. The number of ketones is 2. The van der Waals surface area contributed by atoms with Crippen LogP contribution in [0.5, 0.6) is 0 Å². The Labute approximate surface area is 211 Å². The zero-order valence-electron chi connectivity index (χ0n) is 21.8. The summed E-state index contributed by atoms with van der Waals surface area (Å²) in [4.78, 5) is 50.3. The molecule has 36 heavy (non-hydrogen) atoms. The smallest absolute Gasteiger partial charge is 0.306 e. The van der Waals surface area contributed by atoms with Gasteiger partial charge in [0.15, 0.2) is 23.7 Å². The monoisotopic (exact) mass is 504 g/mol. The number of alkyl halides is 1. The summed E-state index contributed by atoms with van der Waals surface area (Å²) in [5.74, 6) is -3.31. The van der Waals surface area contributed by atoms with Crippen LogP contribution in [0, 0.1) is 28.6 Å². The van der Waals surface area contributed by atoms with Crippen molar-refractivity contribution in [2.45, 2.75) is 90.5 Å². The second-order valence-corrected chi connectivity index (χ2v) is 11.4. The summed E-state index contributed by atoms with van der Waals surface area (Å²) in [6, 6.07) is 0. The van der Waals surface area contributed by atoms with Gasteiger partial charge in [0.25, 0.3) is 0 Å². The molecule has 0 amide bonds. The van der Waals surface area contributed by atoms with Crippen molar-refractivity contribution in [1.82, 2.24) is 0 Å². The Kier molecular flexibility index (Phi) is 6.60. The molecule has 4 aliphatic rings. The second-order valence-electron chi connectivity index (χ2n) is 11.4. The number of allylic oxidation sites excluding steroid dienone is 4. The van der Waals surface area contributed by atoms with Gasteiger partial charge in [-0.2, -0.15) is 0 Å². The van der Waals surface area contributed by atoms with E-state index in [-0.39, 0.29) is 31.0 Å². The van der Waals surface area contributed by atoms with Crippen molar-refractivity contribution < 1.29 is 38.1 Å². The first-order valence-electron chi connectivity index (χ1n) is 13.0. The van der Waals surface area contributed by atoms with E-state index in [0.29, 0.717) is 24.8 Å². The summed E-state index contributed by atoms with van der Waals surface area (Å²) in [6.45, 7) is 8.05. The topological polar surface area (TPSA) is 107 Å². The number of aliphatic hydroxyl groups excluding tert-OH is 1. The van der Waals surface area contributed by atoms with Crippen molar-refractivity contribution in [3.63, 3.8) is 0 Å². The lowest BCUT2D eigenvalue weighted by Crippen LogP contribution is -2.70. The van der Waals surface area contributed by atoms with Crippen LogP contribution in [-0.2, 0) is 28.7 Å². The fourth-order valence-electron chi connectivity index (χ4n) is 8.01. The summed E-state index contributed by atoms with van der Waals surface area (Å²) in [5.41, 5.74) is -5.26. The van der Waals surface area contributed by atoms with Gasteiger partial charge >= 0.3 is 11.9 Å². The van der Waals surface area contributed by atoms with Gasteiger partial charge in [-0.15, -0.1) is 0 Å². The average molecular weight is 505 g/mol. The predicted molar refractivity (Wildman–Crippen MR) is 128 cm³/mol. The van der Waals surface area contributed by atoms with Crippen LogP contribution in [0.25, 0.3) is 0 Å². The normalized spacial score (nSPS) is 43.1.